The minimum atomic E-state index is -3.98. The van der Waals surface area contributed by atoms with Gasteiger partial charge in [-0.05, 0) is 53.7 Å². The molecule has 27 heavy (non-hydrogen) atoms. The number of benzene rings is 2. The van der Waals surface area contributed by atoms with Gasteiger partial charge in [0.05, 0.1) is 10.9 Å². The summed E-state index contributed by atoms with van der Waals surface area (Å²) < 4.78 is 32.1. The number of aromatic nitrogens is 2. The highest BCUT2D eigenvalue weighted by atomic mass is 32.2. The molecule has 0 unspecified atom stereocenters. The van der Waals surface area contributed by atoms with Crippen LogP contribution in [0.5, 0.6) is 0 Å². The molecule has 140 valence electrons. The highest BCUT2D eigenvalue weighted by Gasteiger charge is 2.27. The maximum Gasteiger partial charge on any atom is 0.263 e. The molecule has 7 nitrogen and oxygen atoms in total. The second-order valence-electron chi connectivity index (χ2n) is 6.44. The lowest BCUT2D eigenvalue weighted by Crippen LogP contribution is -2.36. The largest absolute Gasteiger partial charge is 0.339 e. The van der Waals surface area contributed by atoms with Crippen molar-refractivity contribution < 1.29 is 13.2 Å². The zero-order chi connectivity index (χ0) is 18.9. The van der Waals surface area contributed by atoms with Crippen LogP contribution < -0.4 is 4.72 Å². The van der Waals surface area contributed by atoms with Gasteiger partial charge in [-0.25, -0.2) is 8.42 Å². The van der Waals surface area contributed by atoms with Crippen LogP contribution in [0.2, 0.25) is 0 Å². The molecule has 1 N–H and O–H groups in total. The predicted molar refractivity (Wildman–Crippen MR) is 104 cm³/mol. The fourth-order valence-corrected chi connectivity index (χ4v) is 4.94. The molecular weight excluding hydrogens is 384 g/mol. The van der Waals surface area contributed by atoms with Gasteiger partial charge in [-0.15, -0.1) is 5.10 Å². The van der Waals surface area contributed by atoms with E-state index in [0.29, 0.717) is 13.1 Å². The van der Waals surface area contributed by atoms with Crippen molar-refractivity contribution in [3.8, 4) is 0 Å². The van der Waals surface area contributed by atoms with E-state index >= 15 is 0 Å². The number of amides is 1. The average Bonchev–Trinajstić information content (AvgIpc) is 3.19. The molecule has 3 aromatic rings. The number of nitrogens with zero attached hydrogens (tertiary/aromatic N) is 3. The van der Waals surface area contributed by atoms with Crippen molar-refractivity contribution in [2.45, 2.75) is 24.2 Å². The van der Waals surface area contributed by atoms with Crippen LogP contribution in [0.15, 0.2) is 46.7 Å². The number of nitrogens with one attached hydrogen (secondary N) is 1. The molecule has 9 heteroatoms. The van der Waals surface area contributed by atoms with Crippen molar-refractivity contribution >= 4 is 44.1 Å². The Morgan fingerprint density at radius 1 is 1.07 bits per heavy atom. The Labute approximate surface area is 161 Å². The molecule has 1 amide bonds. The summed E-state index contributed by atoms with van der Waals surface area (Å²) in [5.41, 5.74) is 0.186. The molecule has 1 aromatic heterocycles. The Hall–Kier alpha value is -2.52. The van der Waals surface area contributed by atoms with E-state index in [2.05, 4.69) is 14.3 Å². The van der Waals surface area contributed by atoms with Gasteiger partial charge in [0, 0.05) is 13.1 Å². The van der Waals surface area contributed by atoms with Crippen LogP contribution >= 0.6 is 11.5 Å². The van der Waals surface area contributed by atoms with Gasteiger partial charge < -0.3 is 4.90 Å². The third kappa shape index (κ3) is 3.65. The normalized spacial score (nSPS) is 15.0. The first-order valence-corrected chi connectivity index (χ1v) is 11.0. The first-order valence-electron chi connectivity index (χ1n) is 8.66. The van der Waals surface area contributed by atoms with Crippen LogP contribution in [0.1, 0.15) is 29.6 Å². The first-order chi connectivity index (χ1) is 13.0. The van der Waals surface area contributed by atoms with Gasteiger partial charge in [-0.3, -0.25) is 9.52 Å². The molecule has 0 saturated carbocycles. The van der Waals surface area contributed by atoms with Crippen LogP contribution in [0.25, 0.3) is 10.8 Å². The Morgan fingerprint density at radius 2 is 1.78 bits per heavy atom. The van der Waals surface area contributed by atoms with Crippen LogP contribution in [0.4, 0.5) is 5.82 Å². The molecule has 1 fully saturated rings. The van der Waals surface area contributed by atoms with Crippen LogP contribution in [0, 0.1) is 0 Å². The van der Waals surface area contributed by atoms with Gasteiger partial charge >= 0.3 is 0 Å². The lowest BCUT2D eigenvalue weighted by molar-refractivity contribution is 0.0720. The second-order valence-corrected chi connectivity index (χ2v) is 8.70. The topological polar surface area (TPSA) is 92.3 Å². The van der Waals surface area contributed by atoms with Gasteiger partial charge in [-0.2, -0.15) is 0 Å². The van der Waals surface area contributed by atoms with E-state index in [4.69, 9.17) is 0 Å². The van der Waals surface area contributed by atoms with Crippen molar-refractivity contribution in [1.29, 1.82) is 0 Å². The highest BCUT2D eigenvalue weighted by molar-refractivity contribution is 7.92. The van der Waals surface area contributed by atoms with E-state index in [1.54, 1.807) is 17.0 Å². The molecule has 0 spiro atoms. The van der Waals surface area contributed by atoms with Crippen LogP contribution in [-0.2, 0) is 10.0 Å². The van der Waals surface area contributed by atoms with E-state index < -0.39 is 10.0 Å². The number of fused-ring (bicyclic) bond motifs is 1. The fraction of sp³-hybridized carbons (Fsp3) is 0.278. The molecular formula is C18H18N4O3S2. The van der Waals surface area contributed by atoms with E-state index in [1.807, 2.05) is 24.3 Å². The first kappa shape index (κ1) is 17.9. The number of piperidine rings is 1. The Morgan fingerprint density at radius 3 is 2.44 bits per heavy atom. The van der Waals surface area contributed by atoms with E-state index in [9.17, 15) is 13.2 Å². The van der Waals surface area contributed by atoms with Gasteiger partial charge in [0.25, 0.3) is 15.9 Å². The summed E-state index contributed by atoms with van der Waals surface area (Å²) in [6.45, 7) is 1.29. The number of rotatable bonds is 4. The summed E-state index contributed by atoms with van der Waals surface area (Å²) >= 11 is 1.05. The smallest absolute Gasteiger partial charge is 0.263 e. The summed E-state index contributed by atoms with van der Waals surface area (Å²) in [6.07, 6.45) is 2.96. The maximum atomic E-state index is 13.1. The average molecular weight is 403 g/mol. The Balaban J connectivity index is 1.83. The summed E-state index contributed by atoms with van der Waals surface area (Å²) in [5.74, 6) is -0.109. The molecule has 1 aliphatic rings. The number of hydrogen-bond donors (Lipinski definition) is 1. The number of carbonyl (C=O) groups is 1. The van der Waals surface area contributed by atoms with E-state index in [1.165, 1.54) is 5.38 Å². The third-order valence-electron chi connectivity index (χ3n) is 4.61. The molecule has 0 aliphatic carbocycles. The monoisotopic (exact) mass is 402 g/mol. The van der Waals surface area contributed by atoms with Gasteiger partial charge in [0.2, 0.25) is 0 Å². The van der Waals surface area contributed by atoms with Crippen molar-refractivity contribution in [3.05, 3.63) is 47.3 Å². The van der Waals surface area contributed by atoms with Crippen molar-refractivity contribution in [2.24, 2.45) is 0 Å². The molecule has 0 atom stereocenters. The van der Waals surface area contributed by atoms with Crippen LogP contribution in [-0.4, -0.2) is 41.9 Å². The van der Waals surface area contributed by atoms with Gasteiger partial charge in [0.15, 0.2) is 5.82 Å². The molecule has 1 aliphatic heterocycles. The number of carbonyl (C=O) groups excluding carboxylic acids is 1. The number of hydrogen-bond acceptors (Lipinski definition) is 6. The number of anilines is 1. The summed E-state index contributed by atoms with van der Waals surface area (Å²) in [7, 11) is -3.98. The summed E-state index contributed by atoms with van der Waals surface area (Å²) in [6, 6.07) is 10.6. The Bertz CT molecular complexity index is 1080. The molecule has 0 radical (unpaired) electrons. The quantitative estimate of drug-likeness (QED) is 0.724. The molecule has 0 bridgehead atoms. The zero-order valence-corrected chi connectivity index (χ0v) is 16.1. The standard InChI is InChI=1S/C18H18N4O3S2/c23-18(22-8-4-1-5-9-22)15-10-13-6-2-3-7-14(13)11-16(15)27(24,25)20-17-12-26-21-19-17/h2-3,6-7,10-12,20H,1,4-5,8-9H2. The van der Waals surface area contributed by atoms with Gasteiger partial charge in [-0.1, -0.05) is 28.8 Å². The van der Waals surface area contributed by atoms with E-state index in [-0.39, 0.29) is 22.2 Å². The zero-order valence-electron chi connectivity index (χ0n) is 14.5. The molecule has 2 aromatic carbocycles. The maximum absolute atomic E-state index is 13.1. The molecule has 2 heterocycles. The molecule has 1 saturated heterocycles. The number of likely N-dealkylation sites (tertiary alicyclic amines) is 1. The second kappa shape index (κ2) is 7.24. The highest BCUT2D eigenvalue weighted by Crippen LogP contribution is 2.27. The lowest BCUT2D eigenvalue weighted by atomic mass is 10.0. The van der Waals surface area contributed by atoms with Gasteiger partial charge in [0.1, 0.15) is 4.90 Å². The van der Waals surface area contributed by atoms with Crippen molar-refractivity contribution in [2.75, 3.05) is 17.8 Å². The van der Waals surface area contributed by atoms with Crippen molar-refractivity contribution in [3.63, 3.8) is 0 Å². The summed E-state index contributed by atoms with van der Waals surface area (Å²) in [4.78, 5) is 14.8. The minimum Gasteiger partial charge on any atom is -0.339 e. The molecule has 4 rings (SSSR count). The van der Waals surface area contributed by atoms with E-state index in [0.717, 1.165) is 41.6 Å². The fourth-order valence-electron chi connectivity index (χ4n) is 3.28. The summed E-state index contributed by atoms with van der Waals surface area (Å²) in [5, 5.41) is 6.82. The third-order valence-corrected chi connectivity index (χ3v) is 6.51. The minimum absolute atomic E-state index is 0.0372. The Kier molecular flexibility index (Phi) is 4.79. The van der Waals surface area contributed by atoms with Crippen LogP contribution in [0.3, 0.4) is 0 Å². The van der Waals surface area contributed by atoms with Crippen molar-refractivity contribution in [1.82, 2.24) is 14.5 Å². The SMILES string of the molecule is O=C(c1cc2ccccc2cc1S(=O)(=O)Nc1csnn1)N1CCCCC1. The lowest BCUT2D eigenvalue weighted by Gasteiger charge is -2.27. The predicted octanol–water partition coefficient (Wildman–Crippen LogP) is 3.12. The number of sulfonamides is 1.